The number of hydrogen-bond acceptors (Lipinski definition) is 5. The molecule has 0 unspecified atom stereocenters. The van der Waals surface area contributed by atoms with Crippen molar-refractivity contribution in [3.05, 3.63) is 23.8 Å². The number of carbonyl (C=O) groups excluding carboxylic acids is 2. The first-order chi connectivity index (χ1) is 12.6. The summed E-state index contributed by atoms with van der Waals surface area (Å²) < 4.78 is 0. The van der Waals surface area contributed by atoms with Crippen molar-refractivity contribution in [3.8, 4) is 0 Å². The van der Waals surface area contributed by atoms with Gasteiger partial charge in [0.05, 0.1) is 11.4 Å². The van der Waals surface area contributed by atoms with E-state index in [9.17, 15) is 9.59 Å². The molecule has 1 saturated carbocycles. The third-order valence-corrected chi connectivity index (χ3v) is 4.90. The Morgan fingerprint density at radius 1 is 1.19 bits per heavy atom. The highest BCUT2D eigenvalue weighted by atomic mass is 16.2. The molecule has 1 aliphatic heterocycles. The lowest BCUT2D eigenvalue weighted by atomic mass is 10.1. The maximum Gasteiger partial charge on any atom is 0.319 e. The molecule has 142 valence electrons. The predicted molar refractivity (Wildman–Crippen MR) is 102 cm³/mol. The van der Waals surface area contributed by atoms with Gasteiger partial charge in [0.25, 0.3) is 5.91 Å². The van der Waals surface area contributed by atoms with Gasteiger partial charge in [0.1, 0.15) is 0 Å². The molecule has 2 aliphatic rings. The Balaban J connectivity index is 1.75. The first kappa shape index (κ1) is 18.5. The van der Waals surface area contributed by atoms with Crippen LogP contribution in [0.5, 0.6) is 0 Å². The number of urea groups is 1. The lowest BCUT2D eigenvalue weighted by Crippen LogP contribution is -2.47. The van der Waals surface area contributed by atoms with Gasteiger partial charge in [-0.15, -0.1) is 0 Å². The number of hydrogen-bond donors (Lipinski definition) is 4. The molecule has 1 heterocycles. The van der Waals surface area contributed by atoms with Crippen LogP contribution in [-0.2, 0) is 0 Å². The maximum atomic E-state index is 12.0. The van der Waals surface area contributed by atoms with Crippen molar-refractivity contribution in [2.75, 3.05) is 49.5 Å². The summed E-state index contributed by atoms with van der Waals surface area (Å²) in [7, 11) is 0. The molecular weight excluding hydrogens is 332 g/mol. The van der Waals surface area contributed by atoms with E-state index in [2.05, 4.69) is 25.9 Å². The van der Waals surface area contributed by atoms with Gasteiger partial charge in [0.15, 0.2) is 0 Å². The summed E-state index contributed by atoms with van der Waals surface area (Å²) in [6, 6.07) is 4.96. The van der Waals surface area contributed by atoms with Crippen LogP contribution in [0.15, 0.2) is 18.2 Å². The maximum absolute atomic E-state index is 12.0. The highest BCUT2D eigenvalue weighted by molar-refractivity contribution is 5.98. The van der Waals surface area contributed by atoms with E-state index in [0.717, 1.165) is 37.8 Å². The Morgan fingerprint density at radius 2 is 1.92 bits per heavy atom. The lowest BCUT2D eigenvalue weighted by Gasteiger charge is -2.37. The number of nitrogens with zero attached hydrogens (tertiary/aromatic N) is 2. The van der Waals surface area contributed by atoms with Crippen molar-refractivity contribution < 1.29 is 9.59 Å². The molecule has 1 aliphatic carbocycles. The molecule has 0 atom stereocenters. The predicted octanol–water partition coefficient (Wildman–Crippen LogP) is 0.964. The van der Waals surface area contributed by atoms with Gasteiger partial charge in [-0.2, -0.15) is 0 Å². The minimum atomic E-state index is -0.344. The van der Waals surface area contributed by atoms with Gasteiger partial charge in [0, 0.05) is 44.8 Å². The van der Waals surface area contributed by atoms with Crippen molar-refractivity contribution in [2.45, 2.75) is 19.8 Å². The summed E-state index contributed by atoms with van der Waals surface area (Å²) in [5.41, 5.74) is 4.18. The Labute approximate surface area is 154 Å². The Bertz CT molecular complexity index is 653. The van der Waals surface area contributed by atoms with Crippen LogP contribution < -0.4 is 26.8 Å². The topological polar surface area (TPSA) is 103 Å². The Hall–Kier alpha value is -2.32. The first-order valence-corrected chi connectivity index (χ1v) is 9.28. The average molecular weight is 360 g/mol. The highest BCUT2D eigenvalue weighted by Gasteiger charge is 2.27. The fraction of sp³-hybridized carbons (Fsp3) is 0.556. The number of hydrazine groups is 1. The smallest absolute Gasteiger partial charge is 0.319 e. The van der Waals surface area contributed by atoms with E-state index < -0.39 is 0 Å². The number of amides is 3. The third kappa shape index (κ3) is 4.64. The molecule has 0 bridgehead atoms. The zero-order chi connectivity index (χ0) is 18.5. The molecule has 3 rings (SSSR count). The quantitative estimate of drug-likeness (QED) is 0.344. The molecule has 1 aromatic rings. The summed E-state index contributed by atoms with van der Waals surface area (Å²) in [6.07, 6.45) is 2.72. The van der Waals surface area contributed by atoms with Crippen molar-refractivity contribution in [1.82, 2.24) is 15.6 Å². The van der Waals surface area contributed by atoms with Crippen molar-refractivity contribution in [2.24, 2.45) is 11.8 Å². The van der Waals surface area contributed by atoms with E-state index >= 15 is 0 Å². The molecular formula is C18H28N6O2. The molecule has 0 spiro atoms. The Kier molecular flexibility index (Phi) is 5.95. The number of carbonyl (C=O) groups is 2. The van der Waals surface area contributed by atoms with Crippen LogP contribution >= 0.6 is 0 Å². The number of nitrogens with one attached hydrogen (secondary N) is 3. The third-order valence-electron chi connectivity index (χ3n) is 4.90. The minimum absolute atomic E-state index is 0.253. The second-order valence-electron chi connectivity index (χ2n) is 6.92. The number of nitrogen functional groups attached to an aromatic ring is 1. The van der Waals surface area contributed by atoms with Crippen molar-refractivity contribution >= 4 is 23.3 Å². The van der Waals surface area contributed by atoms with Crippen LogP contribution in [0.3, 0.4) is 0 Å². The fourth-order valence-corrected chi connectivity index (χ4v) is 3.29. The molecule has 26 heavy (non-hydrogen) atoms. The molecule has 1 aromatic carbocycles. The van der Waals surface area contributed by atoms with Crippen LogP contribution in [0.1, 0.15) is 30.1 Å². The molecule has 8 heteroatoms. The largest absolute Gasteiger partial charge is 0.367 e. The van der Waals surface area contributed by atoms with Gasteiger partial charge < -0.3 is 15.5 Å². The summed E-state index contributed by atoms with van der Waals surface area (Å²) >= 11 is 0. The Morgan fingerprint density at radius 3 is 2.54 bits per heavy atom. The minimum Gasteiger partial charge on any atom is -0.367 e. The average Bonchev–Trinajstić information content (AvgIpc) is 3.46. The summed E-state index contributed by atoms with van der Waals surface area (Å²) in [4.78, 5) is 28.6. The number of piperazine rings is 1. The summed E-state index contributed by atoms with van der Waals surface area (Å²) in [6.45, 7) is 7.32. The van der Waals surface area contributed by atoms with Crippen LogP contribution in [0.2, 0.25) is 0 Å². The van der Waals surface area contributed by atoms with Gasteiger partial charge in [-0.3, -0.25) is 15.1 Å². The van der Waals surface area contributed by atoms with E-state index in [0.29, 0.717) is 17.8 Å². The second kappa shape index (κ2) is 8.37. The zero-order valence-corrected chi connectivity index (χ0v) is 15.3. The van der Waals surface area contributed by atoms with Gasteiger partial charge in [-0.05, 0) is 43.9 Å². The summed E-state index contributed by atoms with van der Waals surface area (Å²) in [5.74, 6) is 5.80. The molecule has 0 aromatic heterocycles. The van der Waals surface area contributed by atoms with Gasteiger partial charge >= 0.3 is 6.03 Å². The van der Waals surface area contributed by atoms with E-state index in [-0.39, 0.29) is 11.9 Å². The van der Waals surface area contributed by atoms with Gasteiger partial charge in [-0.1, -0.05) is 0 Å². The first-order valence-electron chi connectivity index (χ1n) is 9.28. The number of benzene rings is 1. The van der Waals surface area contributed by atoms with Crippen LogP contribution in [0.25, 0.3) is 0 Å². The van der Waals surface area contributed by atoms with Crippen LogP contribution in [-0.4, -0.2) is 56.1 Å². The standard InChI is InChI=1S/C18H28N6O2/c1-2-20-18(26)21-15-6-5-14(17(25)22-19)11-16(15)24-9-7-23(8-10-24)12-13-3-4-13/h5-6,11,13H,2-4,7-10,12,19H2,1H3,(H,22,25)(H2,20,21,26). The van der Waals surface area contributed by atoms with E-state index in [1.165, 1.54) is 19.4 Å². The SMILES string of the molecule is CCNC(=O)Nc1ccc(C(=O)NN)cc1N1CCN(CC2CC2)CC1. The zero-order valence-electron chi connectivity index (χ0n) is 15.3. The second-order valence-corrected chi connectivity index (χ2v) is 6.92. The molecule has 2 fully saturated rings. The number of nitrogens with two attached hydrogens (primary N) is 1. The fourth-order valence-electron chi connectivity index (χ4n) is 3.29. The van der Waals surface area contributed by atoms with Crippen molar-refractivity contribution in [1.29, 1.82) is 0 Å². The van der Waals surface area contributed by atoms with E-state index in [4.69, 9.17) is 5.84 Å². The molecule has 3 amide bonds. The van der Waals surface area contributed by atoms with Crippen molar-refractivity contribution in [3.63, 3.8) is 0 Å². The normalized spacial score (nSPS) is 17.7. The molecule has 1 saturated heterocycles. The van der Waals surface area contributed by atoms with Crippen LogP contribution in [0, 0.1) is 5.92 Å². The van der Waals surface area contributed by atoms with E-state index in [1.807, 2.05) is 6.92 Å². The summed E-state index contributed by atoms with van der Waals surface area (Å²) in [5, 5.41) is 5.61. The molecule has 0 radical (unpaired) electrons. The number of rotatable bonds is 6. The van der Waals surface area contributed by atoms with E-state index in [1.54, 1.807) is 18.2 Å². The van der Waals surface area contributed by atoms with Crippen LogP contribution in [0.4, 0.5) is 16.2 Å². The lowest BCUT2D eigenvalue weighted by molar-refractivity contribution is 0.0953. The highest BCUT2D eigenvalue weighted by Crippen LogP contribution is 2.31. The molecule has 8 nitrogen and oxygen atoms in total. The van der Waals surface area contributed by atoms with Gasteiger partial charge in [-0.25, -0.2) is 10.6 Å². The number of anilines is 2. The monoisotopic (exact) mass is 360 g/mol. The molecule has 5 N–H and O–H groups in total. The van der Waals surface area contributed by atoms with Gasteiger partial charge in [0.2, 0.25) is 0 Å².